The topological polar surface area (TPSA) is 69.7 Å². The molecule has 1 aliphatic rings. The molecule has 3 aromatic rings. The van der Waals surface area contributed by atoms with Gasteiger partial charge < -0.3 is 14.5 Å². The molecule has 0 aromatic carbocycles. The number of nitriles is 1. The van der Waals surface area contributed by atoms with E-state index in [0.29, 0.717) is 18.2 Å². The van der Waals surface area contributed by atoms with Crippen molar-refractivity contribution in [1.29, 1.82) is 5.26 Å². The van der Waals surface area contributed by atoms with Crippen molar-refractivity contribution in [1.82, 2.24) is 19.5 Å². The third-order valence-corrected chi connectivity index (χ3v) is 6.62. The Hall–Kier alpha value is -3.11. The molecule has 0 spiro atoms. The van der Waals surface area contributed by atoms with Crippen molar-refractivity contribution < 1.29 is 4.74 Å². The molecule has 0 aliphatic carbocycles. The average Bonchev–Trinajstić information content (AvgIpc) is 3.25. The van der Waals surface area contributed by atoms with Gasteiger partial charge in [-0.3, -0.25) is 0 Å². The summed E-state index contributed by atoms with van der Waals surface area (Å²) in [7, 11) is 2.11. The Morgan fingerprint density at radius 2 is 2.15 bits per heavy atom. The zero-order valence-electron chi connectivity index (χ0n) is 20.2. The van der Waals surface area contributed by atoms with E-state index in [9.17, 15) is 5.26 Å². The lowest BCUT2D eigenvalue weighted by Gasteiger charge is -2.36. The molecule has 1 fully saturated rings. The first-order valence-corrected chi connectivity index (χ1v) is 12.0. The van der Waals surface area contributed by atoms with Gasteiger partial charge in [0, 0.05) is 43.5 Å². The Bertz CT molecular complexity index is 1110. The second-order valence-corrected chi connectivity index (χ2v) is 9.20. The largest absolute Gasteiger partial charge is 0.492 e. The standard InChI is InChI=1S/C26H34N6O/c1-5-33-23-13-24(26-22(14-27)16-29-32(26)18-23)21-8-9-25(28-15-21)30(4)12-10-20-7-6-11-31(17-20)19(2)3/h8-9,13,15-16,18-20H,5-7,10-12,17H2,1-4H3/t20-/m1/s1. The van der Waals surface area contributed by atoms with Crippen LogP contribution in [0.2, 0.25) is 0 Å². The van der Waals surface area contributed by atoms with E-state index in [2.05, 4.69) is 54.0 Å². The molecule has 4 rings (SSSR count). The fraction of sp³-hybridized carbons (Fsp3) is 0.500. The van der Waals surface area contributed by atoms with E-state index in [0.717, 1.165) is 40.7 Å². The summed E-state index contributed by atoms with van der Waals surface area (Å²) in [6.45, 7) is 10.5. The molecule has 0 amide bonds. The predicted molar refractivity (Wildman–Crippen MR) is 132 cm³/mol. The van der Waals surface area contributed by atoms with Crippen LogP contribution in [0.5, 0.6) is 5.75 Å². The third-order valence-electron chi connectivity index (χ3n) is 6.62. The minimum Gasteiger partial charge on any atom is -0.492 e. The van der Waals surface area contributed by atoms with E-state index in [1.165, 1.54) is 32.4 Å². The molecule has 174 valence electrons. The van der Waals surface area contributed by atoms with Gasteiger partial charge in [-0.1, -0.05) is 0 Å². The van der Waals surface area contributed by atoms with Gasteiger partial charge in [-0.2, -0.15) is 10.4 Å². The zero-order valence-corrected chi connectivity index (χ0v) is 20.2. The first kappa shape index (κ1) is 23.1. The molecule has 7 heteroatoms. The van der Waals surface area contributed by atoms with Gasteiger partial charge >= 0.3 is 0 Å². The minimum absolute atomic E-state index is 0.539. The number of pyridine rings is 2. The number of fused-ring (bicyclic) bond motifs is 1. The van der Waals surface area contributed by atoms with Gasteiger partial charge in [0.2, 0.25) is 0 Å². The molecule has 3 aromatic heterocycles. The lowest BCUT2D eigenvalue weighted by Crippen LogP contribution is -2.40. The summed E-state index contributed by atoms with van der Waals surface area (Å²) in [5.74, 6) is 2.43. The highest BCUT2D eigenvalue weighted by molar-refractivity contribution is 5.85. The molecule has 4 heterocycles. The number of hydrogen-bond donors (Lipinski definition) is 0. The van der Waals surface area contributed by atoms with Crippen LogP contribution in [0.4, 0.5) is 5.82 Å². The molecule has 1 atom stereocenters. The van der Waals surface area contributed by atoms with Crippen molar-refractivity contribution in [2.45, 2.75) is 46.1 Å². The summed E-state index contributed by atoms with van der Waals surface area (Å²) in [5, 5.41) is 13.9. The highest BCUT2D eigenvalue weighted by Crippen LogP contribution is 2.31. The molecule has 0 radical (unpaired) electrons. The average molecular weight is 447 g/mol. The molecule has 0 unspecified atom stereocenters. The first-order chi connectivity index (χ1) is 16.0. The van der Waals surface area contributed by atoms with Crippen LogP contribution in [-0.2, 0) is 0 Å². The second-order valence-electron chi connectivity index (χ2n) is 9.20. The van der Waals surface area contributed by atoms with Gasteiger partial charge in [0.05, 0.1) is 30.1 Å². The van der Waals surface area contributed by atoms with Crippen molar-refractivity contribution in [2.24, 2.45) is 5.92 Å². The van der Waals surface area contributed by atoms with Crippen molar-refractivity contribution >= 4 is 11.3 Å². The molecule has 0 saturated carbocycles. The van der Waals surface area contributed by atoms with Crippen LogP contribution >= 0.6 is 0 Å². The van der Waals surface area contributed by atoms with Crippen LogP contribution in [0, 0.1) is 17.2 Å². The molecule has 1 aliphatic heterocycles. The van der Waals surface area contributed by atoms with Gasteiger partial charge in [-0.25, -0.2) is 9.50 Å². The summed E-state index contributed by atoms with van der Waals surface area (Å²) in [5.41, 5.74) is 3.15. The van der Waals surface area contributed by atoms with E-state index in [-0.39, 0.29) is 0 Å². The number of rotatable bonds is 8. The second kappa shape index (κ2) is 10.2. The van der Waals surface area contributed by atoms with Crippen LogP contribution in [0.15, 0.2) is 36.8 Å². The zero-order chi connectivity index (χ0) is 23.4. The van der Waals surface area contributed by atoms with Gasteiger partial charge in [0.1, 0.15) is 17.6 Å². The summed E-state index contributed by atoms with van der Waals surface area (Å²) < 4.78 is 7.43. The van der Waals surface area contributed by atoms with E-state index >= 15 is 0 Å². The normalized spacial score (nSPS) is 16.8. The number of anilines is 1. The van der Waals surface area contributed by atoms with Gasteiger partial charge in [0.15, 0.2) is 0 Å². The highest BCUT2D eigenvalue weighted by Gasteiger charge is 2.22. The fourth-order valence-electron chi connectivity index (χ4n) is 4.71. The van der Waals surface area contributed by atoms with Crippen LogP contribution in [0.25, 0.3) is 16.6 Å². The lowest BCUT2D eigenvalue weighted by atomic mass is 9.94. The fourth-order valence-corrected chi connectivity index (χ4v) is 4.71. The molecule has 0 bridgehead atoms. The highest BCUT2D eigenvalue weighted by atomic mass is 16.5. The predicted octanol–water partition coefficient (Wildman–Crippen LogP) is 4.61. The number of likely N-dealkylation sites (tertiary alicyclic amines) is 1. The first-order valence-electron chi connectivity index (χ1n) is 12.0. The molecule has 1 saturated heterocycles. The van der Waals surface area contributed by atoms with E-state index < -0.39 is 0 Å². The maximum Gasteiger partial charge on any atom is 0.138 e. The smallest absolute Gasteiger partial charge is 0.138 e. The Balaban J connectivity index is 1.50. The van der Waals surface area contributed by atoms with E-state index in [1.54, 1.807) is 10.7 Å². The SMILES string of the molecule is CCOc1cc(-c2ccc(N(C)CC[C@H]3CCCN(C(C)C)C3)nc2)c2c(C#N)cnn2c1. The molecule has 7 nitrogen and oxygen atoms in total. The Kier molecular flexibility index (Phi) is 7.14. The summed E-state index contributed by atoms with van der Waals surface area (Å²) in [4.78, 5) is 9.59. The van der Waals surface area contributed by atoms with E-state index in [1.807, 2.05) is 25.4 Å². The maximum atomic E-state index is 9.54. The minimum atomic E-state index is 0.539. The summed E-state index contributed by atoms with van der Waals surface area (Å²) in [6, 6.07) is 8.96. The molecule has 33 heavy (non-hydrogen) atoms. The van der Waals surface area contributed by atoms with Crippen molar-refractivity contribution in [3.63, 3.8) is 0 Å². The Morgan fingerprint density at radius 1 is 1.30 bits per heavy atom. The summed E-state index contributed by atoms with van der Waals surface area (Å²) in [6.07, 6.45) is 9.09. The number of ether oxygens (including phenoxy) is 1. The number of hydrogen-bond acceptors (Lipinski definition) is 6. The monoisotopic (exact) mass is 446 g/mol. The Morgan fingerprint density at radius 3 is 2.85 bits per heavy atom. The number of nitrogens with zero attached hydrogens (tertiary/aromatic N) is 6. The van der Waals surface area contributed by atoms with Crippen LogP contribution in [0.1, 0.15) is 45.6 Å². The molecular formula is C26H34N6O. The van der Waals surface area contributed by atoms with Crippen molar-refractivity contribution in [3.05, 3.63) is 42.4 Å². The molecular weight excluding hydrogens is 412 g/mol. The van der Waals surface area contributed by atoms with Gasteiger partial charge in [-0.15, -0.1) is 0 Å². The van der Waals surface area contributed by atoms with Crippen LogP contribution in [-0.4, -0.2) is 58.8 Å². The summed E-state index contributed by atoms with van der Waals surface area (Å²) >= 11 is 0. The van der Waals surface area contributed by atoms with Crippen LogP contribution < -0.4 is 9.64 Å². The van der Waals surface area contributed by atoms with Gasteiger partial charge in [0.25, 0.3) is 0 Å². The Labute approximate surface area is 196 Å². The number of piperidine rings is 1. The third kappa shape index (κ3) is 5.12. The maximum absolute atomic E-state index is 9.54. The van der Waals surface area contributed by atoms with Crippen LogP contribution in [0.3, 0.4) is 0 Å². The van der Waals surface area contributed by atoms with Crippen molar-refractivity contribution in [3.8, 4) is 22.9 Å². The quantitative estimate of drug-likeness (QED) is 0.503. The molecule has 0 N–H and O–H groups in total. The van der Waals surface area contributed by atoms with Gasteiger partial charge in [-0.05, 0) is 70.7 Å². The number of aromatic nitrogens is 3. The lowest BCUT2D eigenvalue weighted by molar-refractivity contribution is 0.136. The van der Waals surface area contributed by atoms with E-state index in [4.69, 9.17) is 9.72 Å². The van der Waals surface area contributed by atoms with Crippen molar-refractivity contribution in [2.75, 3.05) is 38.2 Å².